The van der Waals surface area contributed by atoms with Crippen molar-refractivity contribution in [2.24, 2.45) is 5.92 Å². The molecule has 0 aliphatic rings. The van der Waals surface area contributed by atoms with Crippen LogP contribution in [0.15, 0.2) is 0 Å². The first-order valence-electron chi connectivity index (χ1n) is 9.90. The van der Waals surface area contributed by atoms with Gasteiger partial charge in [0.25, 0.3) is 0 Å². The molecule has 0 saturated carbocycles. The van der Waals surface area contributed by atoms with Crippen molar-refractivity contribution < 1.29 is 36.1 Å². The lowest BCUT2D eigenvalue weighted by Crippen LogP contribution is -2.31. The number of hydrogen-bond acceptors (Lipinski definition) is 7. The summed E-state index contributed by atoms with van der Waals surface area (Å²) >= 11 is 0. The third kappa shape index (κ3) is 19.5. The molecule has 28 heavy (non-hydrogen) atoms. The highest BCUT2D eigenvalue weighted by Gasteiger charge is 2.04. The Morgan fingerprint density at radius 1 is 0.714 bits per heavy atom. The minimum atomic E-state index is -0.144. The molecule has 0 heterocycles. The summed E-state index contributed by atoms with van der Waals surface area (Å²) in [5.74, 6) is -0.124. The van der Waals surface area contributed by atoms with Crippen LogP contribution in [0.3, 0.4) is 0 Å². The van der Waals surface area contributed by atoms with Crippen LogP contribution in [0.1, 0.15) is 30.5 Å². The van der Waals surface area contributed by atoms with Crippen molar-refractivity contribution in [3.05, 3.63) is 0 Å². The molecule has 0 unspecified atom stereocenters. The van der Waals surface area contributed by atoms with E-state index in [0.717, 1.165) is 0 Å². The summed E-state index contributed by atoms with van der Waals surface area (Å²) in [6.07, 6.45) is 0.0412. The first-order chi connectivity index (χ1) is 13.4. The van der Waals surface area contributed by atoms with Gasteiger partial charge in [0.05, 0.1) is 59.0 Å². The van der Waals surface area contributed by atoms with E-state index < -0.39 is 0 Å². The minimum absolute atomic E-state index is 0. The van der Waals surface area contributed by atoms with Gasteiger partial charge < -0.3 is 34.3 Å². The minimum Gasteiger partial charge on any atom is -0.377 e. The van der Waals surface area contributed by atoms with Crippen LogP contribution in [0.2, 0.25) is 0 Å². The Hall–Kier alpha value is -1.26. The topological polar surface area (TPSA) is 104 Å². The largest absolute Gasteiger partial charge is 0.377 e. The van der Waals surface area contributed by atoms with Gasteiger partial charge in [0, 0.05) is 21.9 Å². The van der Waals surface area contributed by atoms with Crippen LogP contribution in [-0.2, 0) is 33.3 Å². The van der Waals surface area contributed by atoms with Gasteiger partial charge in [-0.05, 0) is 13.8 Å². The maximum atomic E-state index is 11.4. The fourth-order valence-electron chi connectivity index (χ4n) is 1.77. The van der Waals surface area contributed by atoms with Gasteiger partial charge in [-0.25, -0.2) is 0 Å². The van der Waals surface area contributed by atoms with E-state index in [-0.39, 0.29) is 33.3 Å². The molecule has 2 N–H and O–H groups in total. The number of nitrogens with one attached hydrogen (secondary N) is 2. The van der Waals surface area contributed by atoms with Crippen LogP contribution in [0.25, 0.3) is 0 Å². The van der Waals surface area contributed by atoms with Crippen molar-refractivity contribution in [3.8, 4) is 0 Å². The fourth-order valence-corrected chi connectivity index (χ4v) is 1.77. The zero-order valence-electron chi connectivity index (χ0n) is 17.8. The molecule has 170 valence electrons. The normalized spacial score (nSPS) is 11.2. The second-order valence-corrected chi connectivity index (χ2v) is 6.60. The van der Waals surface area contributed by atoms with Gasteiger partial charge in [-0.3, -0.25) is 9.59 Å². The number of ether oxygens (including phenoxy) is 5. The van der Waals surface area contributed by atoms with E-state index in [9.17, 15) is 9.59 Å². The smallest absolute Gasteiger partial charge is 0.246 e. The van der Waals surface area contributed by atoms with Gasteiger partial charge in [0.2, 0.25) is 11.8 Å². The van der Waals surface area contributed by atoms with E-state index in [1.165, 1.54) is 0 Å². The third-order valence-corrected chi connectivity index (χ3v) is 3.30. The zero-order valence-corrected chi connectivity index (χ0v) is 17.8. The molecular formula is C19H42N2O7. The highest BCUT2D eigenvalue weighted by atomic mass is 16.6. The zero-order chi connectivity index (χ0) is 21.0. The predicted molar refractivity (Wildman–Crippen MR) is 109 cm³/mol. The van der Waals surface area contributed by atoms with Crippen molar-refractivity contribution in [3.63, 3.8) is 0 Å². The maximum absolute atomic E-state index is 11.4. The first-order valence-corrected chi connectivity index (χ1v) is 9.90. The summed E-state index contributed by atoms with van der Waals surface area (Å²) in [5, 5.41) is 5.49. The number of hydrogen-bond donors (Lipinski definition) is 2. The summed E-state index contributed by atoms with van der Waals surface area (Å²) < 4.78 is 26.6. The highest BCUT2D eigenvalue weighted by molar-refractivity contribution is 5.77. The van der Waals surface area contributed by atoms with Crippen molar-refractivity contribution >= 4 is 11.8 Å². The molecule has 0 spiro atoms. The molecule has 9 heteroatoms. The summed E-state index contributed by atoms with van der Waals surface area (Å²) in [4.78, 5) is 22.7. The van der Waals surface area contributed by atoms with Crippen molar-refractivity contribution in [2.75, 3.05) is 72.6 Å². The average molecular weight is 411 g/mol. The molecule has 0 radical (unpaired) electrons. The van der Waals surface area contributed by atoms with E-state index in [2.05, 4.69) is 10.6 Å². The Labute approximate surface area is 171 Å². The Morgan fingerprint density at radius 2 is 1.14 bits per heavy atom. The molecule has 0 atom stereocenters. The summed E-state index contributed by atoms with van der Waals surface area (Å²) in [6, 6.07) is 0. The average Bonchev–Trinajstić information content (AvgIpc) is 2.65. The molecular weight excluding hydrogens is 368 g/mol. The molecule has 2 amide bonds. The van der Waals surface area contributed by atoms with Gasteiger partial charge >= 0.3 is 0 Å². The number of amides is 2. The van der Waals surface area contributed by atoms with Crippen molar-refractivity contribution in [1.82, 2.24) is 10.6 Å². The molecule has 9 nitrogen and oxygen atoms in total. The lowest BCUT2D eigenvalue weighted by atomic mass is 10.2. The highest BCUT2D eigenvalue weighted by Crippen LogP contribution is 1.89. The van der Waals surface area contributed by atoms with Crippen LogP contribution in [-0.4, -0.2) is 90.5 Å². The lowest BCUT2D eigenvalue weighted by molar-refractivity contribution is -0.127. The monoisotopic (exact) mass is 410 g/mol. The molecule has 0 fully saturated rings. The van der Waals surface area contributed by atoms with Gasteiger partial charge in [0.1, 0.15) is 6.61 Å². The first kappa shape index (κ1) is 26.7. The fraction of sp³-hybridized carbons (Fsp3) is 0.895. The molecule has 0 saturated heterocycles. The lowest BCUT2D eigenvalue weighted by Gasteiger charge is -2.09. The molecule has 0 rings (SSSR count). The Kier molecular flexibility index (Phi) is 18.2. The third-order valence-electron chi connectivity index (χ3n) is 3.30. The van der Waals surface area contributed by atoms with Crippen molar-refractivity contribution in [2.45, 2.75) is 33.8 Å². The van der Waals surface area contributed by atoms with Crippen LogP contribution < -0.4 is 10.6 Å². The van der Waals surface area contributed by atoms with Crippen LogP contribution >= 0.6 is 0 Å². The SMILES string of the molecule is CC(C)OCC(=O)NCCOCCOCCOCCOCCNC(=O)C(C)C.[HH].[HH]. The Bertz CT molecular complexity index is 403. The number of carbonyl (C=O) groups is 2. The van der Waals surface area contributed by atoms with E-state index in [1.54, 1.807) is 0 Å². The summed E-state index contributed by atoms with van der Waals surface area (Å²) in [6.45, 7) is 12.3. The molecule has 0 aromatic carbocycles. The van der Waals surface area contributed by atoms with Gasteiger partial charge in [-0.1, -0.05) is 13.8 Å². The van der Waals surface area contributed by atoms with E-state index in [1.807, 2.05) is 27.7 Å². The standard InChI is InChI=1S/C19H38N2O7.2H2/c1-16(2)19(23)21-6-8-25-10-12-27-14-13-26-11-9-24-7-5-20-18(22)15-28-17(3)4;;/h16-17H,5-15H2,1-4H3,(H,20,22)(H,21,23);2*1H. The second kappa shape index (κ2) is 19.1. The van der Waals surface area contributed by atoms with Crippen LogP contribution in [0.5, 0.6) is 0 Å². The Morgan fingerprint density at radius 3 is 1.57 bits per heavy atom. The number of carbonyl (C=O) groups excluding carboxylic acids is 2. The van der Waals surface area contributed by atoms with E-state index in [0.29, 0.717) is 65.9 Å². The van der Waals surface area contributed by atoms with Crippen LogP contribution in [0.4, 0.5) is 0 Å². The Balaban J connectivity index is -0.00000364. The van der Waals surface area contributed by atoms with E-state index in [4.69, 9.17) is 23.7 Å². The quantitative estimate of drug-likeness (QED) is 0.304. The number of rotatable bonds is 19. The molecule has 0 aliphatic carbocycles. The van der Waals surface area contributed by atoms with E-state index >= 15 is 0 Å². The predicted octanol–water partition coefficient (Wildman–Crippen LogP) is 0.858. The van der Waals surface area contributed by atoms with Gasteiger partial charge in [-0.2, -0.15) is 0 Å². The molecule has 0 aromatic rings. The summed E-state index contributed by atoms with van der Waals surface area (Å²) in [5.41, 5.74) is 0. The molecule has 0 bridgehead atoms. The maximum Gasteiger partial charge on any atom is 0.246 e. The van der Waals surface area contributed by atoms with Gasteiger partial charge in [-0.15, -0.1) is 0 Å². The van der Waals surface area contributed by atoms with Crippen molar-refractivity contribution in [1.29, 1.82) is 0 Å². The molecule has 0 aromatic heterocycles. The second-order valence-electron chi connectivity index (χ2n) is 6.60. The molecule has 0 aliphatic heterocycles. The van der Waals surface area contributed by atoms with Crippen LogP contribution in [0, 0.1) is 5.92 Å². The van der Waals surface area contributed by atoms with Gasteiger partial charge in [0.15, 0.2) is 0 Å². The summed E-state index contributed by atoms with van der Waals surface area (Å²) in [7, 11) is 0.